The number of anilines is 1. The summed E-state index contributed by atoms with van der Waals surface area (Å²) in [6.07, 6.45) is 7.22. The molecular formula is C14H17ClN2S. The Labute approximate surface area is 119 Å². The quantitative estimate of drug-likeness (QED) is 0.648. The van der Waals surface area contributed by atoms with Gasteiger partial charge in [0.25, 0.3) is 0 Å². The van der Waals surface area contributed by atoms with Gasteiger partial charge >= 0.3 is 0 Å². The molecule has 0 fully saturated rings. The van der Waals surface area contributed by atoms with Crippen molar-refractivity contribution < 1.29 is 0 Å². The van der Waals surface area contributed by atoms with Crippen LogP contribution in [0.3, 0.4) is 0 Å². The largest absolute Gasteiger partial charge is 0.346 e. The van der Waals surface area contributed by atoms with Gasteiger partial charge in [0, 0.05) is 10.7 Å². The van der Waals surface area contributed by atoms with Gasteiger partial charge in [-0.3, -0.25) is 0 Å². The molecule has 0 bridgehead atoms. The van der Waals surface area contributed by atoms with Crippen molar-refractivity contribution in [1.82, 2.24) is 5.32 Å². The van der Waals surface area contributed by atoms with E-state index in [1.54, 1.807) is 12.1 Å². The minimum atomic E-state index is -0.378. The first kappa shape index (κ1) is 14.8. The predicted molar refractivity (Wildman–Crippen MR) is 83.0 cm³/mol. The second kappa shape index (κ2) is 6.63. The zero-order valence-electron chi connectivity index (χ0n) is 10.6. The van der Waals surface area contributed by atoms with Gasteiger partial charge in [0.2, 0.25) is 0 Å². The van der Waals surface area contributed by atoms with Crippen molar-refractivity contribution in [3.8, 4) is 12.3 Å². The molecule has 0 atom stereocenters. The van der Waals surface area contributed by atoms with Gasteiger partial charge in [-0.15, -0.1) is 6.42 Å². The van der Waals surface area contributed by atoms with Gasteiger partial charge in [-0.1, -0.05) is 31.4 Å². The minimum absolute atomic E-state index is 0.378. The van der Waals surface area contributed by atoms with Gasteiger partial charge in [0.05, 0.1) is 5.54 Å². The smallest absolute Gasteiger partial charge is 0.171 e. The van der Waals surface area contributed by atoms with Crippen LogP contribution >= 0.6 is 23.8 Å². The van der Waals surface area contributed by atoms with Crippen LogP contribution in [0, 0.1) is 12.3 Å². The Morgan fingerprint density at radius 1 is 1.33 bits per heavy atom. The number of hydrogen-bond donors (Lipinski definition) is 2. The third-order valence-electron chi connectivity index (χ3n) is 2.94. The summed E-state index contributed by atoms with van der Waals surface area (Å²) >= 11 is 11.1. The van der Waals surface area contributed by atoms with Gasteiger partial charge in [-0.2, -0.15) is 0 Å². The van der Waals surface area contributed by atoms with Crippen LogP contribution in [-0.2, 0) is 0 Å². The zero-order chi connectivity index (χ0) is 13.6. The Bertz CT molecular complexity index is 444. The van der Waals surface area contributed by atoms with Crippen LogP contribution < -0.4 is 10.6 Å². The first-order chi connectivity index (χ1) is 8.55. The molecule has 1 rings (SSSR count). The van der Waals surface area contributed by atoms with E-state index in [-0.39, 0.29) is 5.54 Å². The molecule has 1 aromatic carbocycles. The molecule has 0 aromatic heterocycles. The molecule has 0 aliphatic carbocycles. The van der Waals surface area contributed by atoms with E-state index < -0.39 is 0 Å². The summed E-state index contributed by atoms with van der Waals surface area (Å²) in [7, 11) is 0. The number of hydrogen-bond acceptors (Lipinski definition) is 1. The lowest BCUT2D eigenvalue weighted by atomic mass is 9.94. The third kappa shape index (κ3) is 3.90. The highest BCUT2D eigenvalue weighted by atomic mass is 35.5. The first-order valence-electron chi connectivity index (χ1n) is 5.87. The van der Waals surface area contributed by atoms with E-state index >= 15 is 0 Å². The van der Waals surface area contributed by atoms with Gasteiger partial charge in [-0.25, -0.2) is 0 Å². The molecule has 1 aromatic rings. The summed E-state index contributed by atoms with van der Waals surface area (Å²) < 4.78 is 0. The maximum atomic E-state index is 5.82. The summed E-state index contributed by atoms with van der Waals surface area (Å²) in [4.78, 5) is 0. The molecule has 18 heavy (non-hydrogen) atoms. The third-order valence-corrected chi connectivity index (χ3v) is 3.39. The Hall–Kier alpha value is -1.24. The van der Waals surface area contributed by atoms with E-state index in [1.807, 2.05) is 26.0 Å². The molecule has 0 unspecified atom stereocenters. The molecular weight excluding hydrogens is 264 g/mol. The Kier molecular flexibility index (Phi) is 5.46. The Balaban J connectivity index is 2.67. The monoisotopic (exact) mass is 280 g/mol. The van der Waals surface area contributed by atoms with Crippen molar-refractivity contribution in [2.24, 2.45) is 0 Å². The average Bonchev–Trinajstić information content (AvgIpc) is 2.39. The van der Waals surface area contributed by atoms with Gasteiger partial charge in [0.1, 0.15) is 0 Å². The highest BCUT2D eigenvalue weighted by molar-refractivity contribution is 7.80. The number of benzene rings is 1. The number of terminal acetylenes is 1. The van der Waals surface area contributed by atoms with Gasteiger partial charge in [-0.05, 0) is 49.3 Å². The van der Waals surface area contributed by atoms with E-state index in [0.29, 0.717) is 10.1 Å². The van der Waals surface area contributed by atoms with E-state index in [4.69, 9.17) is 30.2 Å². The van der Waals surface area contributed by atoms with Crippen LogP contribution in [-0.4, -0.2) is 10.7 Å². The van der Waals surface area contributed by atoms with Crippen molar-refractivity contribution in [3.63, 3.8) is 0 Å². The van der Waals surface area contributed by atoms with Gasteiger partial charge in [0.15, 0.2) is 5.11 Å². The molecule has 0 aliphatic heterocycles. The van der Waals surface area contributed by atoms with Crippen LogP contribution in [0.5, 0.6) is 0 Å². The topological polar surface area (TPSA) is 24.1 Å². The second-order valence-electron chi connectivity index (χ2n) is 4.02. The second-order valence-corrected chi connectivity index (χ2v) is 4.86. The summed E-state index contributed by atoms with van der Waals surface area (Å²) in [6.45, 7) is 4.09. The zero-order valence-corrected chi connectivity index (χ0v) is 12.2. The highest BCUT2D eigenvalue weighted by Gasteiger charge is 2.23. The van der Waals surface area contributed by atoms with Gasteiger partial charge < -0.3 is 10.6 Å². The molecule has 96 valence electrons. The molecule has 4 heteroatoms. The molecule has 0 aliphatic rings. The standard InChI is InChI=1S/C14H17ClN2S/c1-4-14(5-2,6-3)17-13(18)16-12-9-7-11(15)8-10-12/h1,7-10H,5-6H2,2-3H3,(H2,16,17,18). The Morgan fingerprint density at radius 2 is 1.89 bits per heavy atom. The first-order valence-corrected chi connectivity index (χ1v) is 6.66. The van der Waals surface area contributed by atoms with E-state index in [2.05, 4.69) is 16.6 Å². The van der Waals surface area contributed by atoms with Crippen molar-refractivity contribution >= 4 is 34.6 Å². The lowest BCUT2D eigenvalue weighted by molar-refractivity contribution is 0.461. The highest BCUT2D eigenvalue weighted by Crippen LogP contribution is 2.16. The van der Waals surface area contributed by atoms with Crippen LogP contribution in [0.4, 0.5) is 5.69 Å². The molecule has 0 heterocycles. The fourth-order valence-corrected chi connectivity index (χ4v) is 2.02. The maximum Gasteiger partial charge on any atom is 0.171 e. The summed E-state index contributed by atoms with van der Waals surface area (Å²) in [5.74, 6) is 2.78. The Morgan fingerprint density at radius 3 is 2.33 bits per heavy atom. The predicted octanol–water partition coefficient (Wildman–Crippen LogP) is 3.82. The van der Waals surface area contributed by atoms with E-state index in [0.717, 1.165) is 18.5 Å². The lowest BCUT2D eigenvalue weighted by Gasteiger charge is -2.28. The van der Waals surface area contributed by atoms with Crippen molar-refractivity contribution in [1.29, 1.82) is 0 Å². The number of rotatable bonds is 4. The SMILES string of the molecule is C#CC(CC)(CC)NC(=S)Nc1ccc(Cl)cc1. The molecule has 2 N–H and O–H groups in total. The lowest BCUT2D eigenvalue weighted by Crippen LogP contribution is -2.48. The fraction of sp³-hybridized carbons (Fsp3) is 0.357. The molecule has 0 amide bonds. The van der Waals surface area contributed by atoms with Crippen LogP contribution in [0.25, 0.3) is 0 Å². The van der Waals surface area contributed by atoms with Crippen LogP contribution in [0.1, 0.15) is 26.7 Å². The van der Waals surface area contributed by atoms with Crippen molar-refractivity contribution in [3.05, 3.63) is 29.3 Å². The van der Waals surface area contributed by atoms with E-state index in [9.17, 15) is 0 Å². The van der Waals surface area contributed by atoms with Crippen molar-refractivity contribution in [2.45, 2.75) is 32.2 Å². The fourth-order valence-electron chi connectivity index (χ4n) is 1.58. The molecule has 0 spiro atoms. The number of nitrogens with one attached hydrogen (secondary N) is 2. The van der Waals surface area contributed by atoms with E-state index in [1.165, 1.54) is 0 Å². The van der Waals surface area contributed by atoms with Crippen LogP contribution in [0.2, 0.25) is 5.02 Å². The minimum Gasteiger partial charge on any atom is -0.346 e. The summed E-state index contributed by atoms with van der Waals surface area (Å²) in [6, 6.07) is 7.35. The molecule has 2 nitrogen and oxygen atoms in total. The number of halogens is 1. The average molecular weight is 281 g/mol. The van der Waals surface area contributed by atoms with Crippen LogP contribution in [0.15, 0.2) is 24.3 Å². The number of thiocarbonyl (C=S) groups is 1. The molecule has 0 saturated heterocycles. The molecule has 0 radical (unpaired) electrons. The molecule has 0 saturated carbocycles. The maximum absolute atomic E-state index is 5.82. The van der Waals surface area contributed by atoms with Crippen molar-refractivity contribution in [2.75, 3.05) is 5.32 Å². The summed E-state index contributed by atoms with van der Waals surface area (Å²) in [5, 5.41) is 7.51. The normalized spacial score (nSPS) is 10.6. The summed E-state index contributed by atoms with van der Waals surface area (Å²) in [5.41, 5.74) is 0.506.